The first-order chi connectivity index (χ1) is 12.6. The van der Waals surface area contributed by atoms with E-state index < -0.39 is 6.09 Å². The van der Waals surface area contributed by atoms with Crippen molar-refractivity contribution < 1.29 is 9.90 Å². The van der Waals surface area contributed by atoms with Crippen LogP contribution in [0.25, 0.3) is 0 Å². The number of carbonyl (C=O) groups is 1. The zero-order valence-electron chi connectivity index (χ0n) is 14.2. The normalized spacial score (nSPS) is 10.7. The number of amides is 1. The molecule has 0 saturated heterocycles. The van der Waals surface area contributed by atoms with E-state index in [1.54, 1.807) is 4.57 Å². The smallest absolute Gasteiger partial charge is 0.404 e. The van der Waals surface area contributed by atoms with Crippen LogP contribution in [0.3, 0.4) is 0 Å². The van der Waals surface area contributed by atoms with E-state index in [0.717, 1.165) is 16.7 Å². The Morgan fingerprint density at radius 2 is 1.46 bits per heavy atom. The van der Waals surface area contributed by atoms with Crippen molar-refractivity contribution >= 4 is 6.09 Å². The van der Waals surface area contributed by atoms with Crippen LogP contribution in [0.5, 0.6) is 0 Å². The number of aromatic nitrogens is 1. The Morgan fingerprint density at radius 1 is 0.885 bits per heavy atom. The molecule has 0 atom stereocenters. The zero-order chi connectivity index (χ0) is 18.4. The molecular formula is C21H20N2O3. The van der Waals surface area contributed by atoms with E-state index in [-0.39, 0.29) is 24.6 Å². The van der Waals surface area contributed by atoms with Crippen molar-refractivity contribution in [1.82, 2.24) is 9.88 Å². The Bertz CT molecular complexity index is 881. The summed E-state index contributed by atoms with van der Waals surface area (Å²) in [4.78, 5) is 22.8. The SMILES string of the molecule is O=C(O)NCCn1cc(C(c2ccccc2)c2ccccc2)ccc1=O. The monoisotopic (exact) mass is 348 g/mol. The number of rotatable bonds is 6. The molecule has 2 N–H and O–H groups in total. The van der Waals surface area contributed by atoms with Gasteiger partial charge in [0.1, 0.15) is 0 Å². The summed E-state index contributed by atoms with van der Waals surface area (Å²) >= 11 is 0. The van der Waals surface area contributed by atoms with Crippen LogP contribution in [-0.2, 0) is 6.54 Å². The lowest BCUT2D eigenvalue weighted by Crippen LogP contribution is -2.29. The van der Waals surface area contributed by atoms with E-state index in [1.807, 2.05) is 48.7 Å². The van der Waals surface area contributed by atoms with Crippen LogP contribution in [0.15, 0.2) is 83.8 Å². The Hall–Kier alpha value is -3.34. The van der Waals surface area contributed by atoms with Gasteiger partial charge < -0.3 is 15.0 Å². The molecule has 0 spiro atoms. The first kappa shape index (κ1) is 17.5. The maximum Gasteiger partial charge on any atom is 0.404 e. The van der Waals surface area contributed by atoms with Crippen LogP contribution in [0.2, 0.25) is 0 Å². The molecule has 0 unspecified atom stereocenters. The van der Waals surface area contributed by atoms with Gasteiger partial charge in [0.2, 0.25) is 0 Å². The van der Waals surface area contributed by atoms with Gasteiger partial charge >= 0.3 is 6.09 Å². The van der Waals surface area contributed by atoms with E-state index in [9.17, 15) is 9.59 Å². The summed E-state index contributed by atoms with van der Waals surface area (Å²) in [5, 5.41) is 11.0. The average Bonchev–Trinajstić information content (AvgIpc) is 2.66. The minimum absolute atomic E-state index is 0.00307. The lowest BCUT2D eigenvalue weighted by Gasteiger charge is -2.20. The summed E-state index contributed by atoms with van der Waals surface area (Å²) in [6.07, 6.45) is 0.719. The van der Waals surface area contributed by atoms with Crippen LogP contribution in [-0.4, -0.2) is 22.3 Å². The molecule has 3 rings (SSSR count). The third-order valence-corrected chi connectivity index (χ3v) is 4.23. The molecule has 2 aromatic carbocycles. The van der Waals surface area contributed by atoms with Gasteiger partial charge in [-0.05, 0) is 16.7 Å². The second-order valence-electron chi connectivity index (χ2n) is 5.98. The maximum atomic E-state index is 12.1. The molecule has 26 heavy (non-hydrogen) atoms. The fourth-order valence-corrected chi connectivity index (χ4v) is 3.05. The fraction of sp³-hybridized carbons (Fsp3) is 0.143. The Morgan fingerprint density at radius 3 is 2.00 bits per heavy atom. The van der Waals surface area contributed by atoms with Gasteiger partial charge in [0, 0.05) is 31.3 Å². The molecule has 0 aliphatic rings. The highest BCUT2D eigenvalue weighted by atomic mass is 16.4. The van der Waals surface area contributed by atoms with Gasteiger partial charge in [-0.2, -0.15) is 0 Å². The molecule has 1 heterocycles. The van der Waals surface area contributed by atoms with Crippen LogP contribution < -0.4 is 10.9 Å². The molecule has 132 valence electrons. The number of benzene rings is 2. The van der Waals surface area contributed by atoms with Crippen molar-refractivity contribution in [3.63, 3.8) is 0 Å². The first-order valence-corrected chi connectivity index (χ1v) is 8.42. The predicted molar refractivity (Wildman–Crippen MR) is 101 cm³/mol. The molecule has 0 aliphatic carbocycles. The van der Waals surface area contributed by atoms with Gasteiger partial charge in [-0.15, -0.1) is 0 Å². The van der Waals surface area contributed by atoms with Gasteiger partial charge in [0.05, 0.1) is 0 Å². The summed E-state index contributed by atoms with van der Waals surface area (Å²) in [5.74, 6) is -0.00307. The lowest BCUT2D eigenvalue weighted by atomic mass is 9.86. The van der Waals surface area contributed by atoms with Crippen molar-refractivity contribution in [2.24, 2.45) is 0 Å². The number of nitrogens with zero attached hydrogens (tertiary/aromatic N) is 1. The Labute approximate surface area is 151 Å². The standard InChI is InChI=1S/C21H20N2O3/c24-19-12-11-18(15-23(19)14-13-22-21(25)26)20(16-7-3-1-4-8-16)17-9-5-2-6-10-17/h1-12,15,20,22H,13-14H2,(H,25,26). The molecule has 0 saturated carbocycles. The minimum Gasteiger partial charge on any atom is -0.465 e. The summed E-state index contributed by atoms with van der Waals surface area (Å²) in [7, 11) is 0. The molecule has 5 heteroatoms. The average molecular weight is 348 g/mol. The Kier molecular flexibility index (Phi) is 5.49. The van der Waals surface area contributed by atoms with E-state index >= 15 is 0 Å². The fourth-order valence-electron chi connectivity index (χ4n) is 3.05. The maximum absolute atomic E-state index is 12.1. The molecule has 5 nitrogen and oxygen atoms in total. The van der Waals surface area contributed by atoms with E-state index in [4.69, 9.17) is 5.11 Å². The lowest BCUT2D eigenvalue weighted by molar-refractivity contribution is 0.194. The van der Waals surface area contributed by atoms with Gasteiger partial charge in [-0.1, -0.05) is 66.7 Å². The molecular weight excluding hydrogens is 328 g/mol. The summed E-state index contributed by atoms with van der Waals surface area (Å²) in [5.41, 5.74) is 3.10. The summed E-state index contributed by atoms with van der Waals surface area (Å²) in [6, 6.07) is 23.6. The van der Waals surface area contributed by atoms with Crippen molar-refractivity contribution in [2.75, 3.05) is 6.54 Å². The zero-order valence-corrected chi connectivity index (χ0v) is 14.2. The molecule has 0 radical (unpaired) electrons. The van der Waals surface area contributed by atoms with E-state index in [2.05, 4.69) is 29.6 Å². The van der Waals surface area contributed by atoms with Gasteiger partial charge in [0.25, 0.3) is 5.56 Å². The van der Waals surface area contributed by atoms with Crippen molar-refractivity contribution in [3.05, 3.63) is 106 Å². The topological polar surface area (TPSA) is 71.3 Å². The number of pyridine rings is 1. The second-order valence-corrected chi connectivity index (χ2v) is 5.98. The predicted octanol–water partition coefficient (Wildman–Crippen LogP) is 3.30. The molecule has 3 aromatic rings. The number of hydrogen-bond donors (Lipinski definition) is 2. The second kappa shape index (κ2) is 8.16. The number of carboxylic acid groups (broad SMARTS) is 1. The number of hydrogen-bond acceptors (Lipinski definition) is 2. The largest absolute Gasteiger partial charge is 0.465 e. The van der Waals surface area contributed by atoms with Crippen LogP contribution in [0, 0.1) is 0 Å². The van der Waals surface area contributed by atoms with E-state index in [1.165, 1.54) is 6.07 Å². The van der Waals surface area contributed by atoms with Crippen LogP contribution in [0.4, 0.5) is 4.79 Å². The highest BCUT2D eigenvalue weighted by Gasteiger charge is 2.17. The molecule has 0 aliphatic heterocycles. The van der Waals surface area contributed by atoms with Crippen LogP contribution >= 0.6 is 0 Å². The van der Waals surface area contributed by atoms with E-state index in [0.29, 0.717) is 0 Å². The first-order valence-electron chi connectivity index (χ1n) is 8.42. The molecule has 1 amide bonds. The minimum atomic E-state index is -1.10. The van der Waals surface area contributed by atoms with Crippen molar-refractivity contribution in [2.45, 2.75) is 12.5 Å². The number of nitrogens with one attached hydrogen (secondary N) is 1. The van der Waals surface area contributed by atoms with Crippen molar-refractivity contribution in [1.29, 1.82) is 0 Å². The third-order valence-electron chi connectivity index (χ3n) is 4.23. The molecule has 0 fully saturated rings. The third kappa shape index (κ3) is 4.19. The van der Waals surface area contributed by atoms with Gasteiger partial charge in [0.15, 0.2) is 0 Å². The summed E-state index contributed by atoms with van der Waals surface area (Å²) in [6.45, 7) is 0.468. The van der Waals surface area contributed by atoms with Crippen molar-refractivity contribution in [3.8, 4) is 0 Å². The van der Waals surface area contributed by atoms with Gasteiger partial charge in [-0.25, -0.2) is 4.79 Å². The summed E-state index contributed by atoms with van der Waals surface area (Å²) < 4.78 is 1.55. The molecule has 1 aromatic heterocycles. The van der Waals surface area contributed by atoms with Crippen LogP contribution in [0.1, 0.15) is 22.6 Å². The van der Waals surface area contributed by atoms with Gasteiger partial charge in [-0.3, -0.25) is 4.79 Å². The Balaban J connectivity index is 1.99. The molecule has 0 bridgehead atoms. The highest BCUT2D eigenvalue weighted by Crippen LogP contribution is 2.31. The quantitative estimate of drug-likeness (QED) is 0.718. The highest BCUT2D eigenvalue weighted by molar-refractivity contribution is 5.64.